The average Bonchev–Trinajstić information content (AvgIpc) is 2.53. The molecule has 1 atom stereocenters. The van der Waals surface area contributed by atoms with Crippen LogP contribution in [-0.4, -0.2) is 35.9 Å². The van der Waals surface area contributed by atoms with Crippen molar-refractivity contribution in [3.63, 3.8) is 0 Å². The SMILES string of the molecule is CCC(CNC(=O)NC1CCC(O)CC1)Oc1cccc(F)c1. The lowest BCUT2D eigenvalue weighted by atomic mass is 9.93. The number of carbonyl (C=O) groups excluding carboxylic acids is 1. The maximum absolute atomic E-state index is 13.1. The van der Waals surface area contributed by atoms with Crippen molar-refractivity contribution in [3.8, 4) is 5.75 Å². The predicted molar refractivity (Wildman–Crippen MR) is 85.9 cm³/mol. The molecule has 0 saturated heterocycles. The quantitative estimate of drug-likeness (QED) is 0.753. The van der Waals surface area contributed by atoms with Crippen LogP contribution in [0.5, 0.6) is 5.75 Å². The van der Waals surface area contributed by atoms with Crippen LogP contribution in [0.25, 0.3) is 0 Å². The van der Waals surface area contributed by atoms with E-state index in [1.54, 1.807) is 12.1 Å². The van der Waals surface area contributed by atoms with Gasteiger partial charge in [-0.1, -0.05) is 13.0 Å². The normalized spacial score (nSPS) is 22.2. The van der Waals surface area contributed by atoms with E-state index < -0.39 is 0 Å². The second-order valence-electron chi connectivity index (χ2n) is 5.97. The number of benzene rings is 1. The van der Waals surface area contributed by atoms with Crippen molar-refractivity contribution in [2.75, 3.05) is 6.54 Å². The van der Waals surface area contributed by atoms with Gasteiger partial charge in [-0.2, -0.15) is 0 Å². The molecule has 0 heterocycles. The van der Waals surface area contributed by atoms with Gasteiger partial charge in [0.05, 0.1) is 12.6 Å². The Labute approximate surface area is 136 Å². The van der Waals surface area contributed by atoms with Crippen LogP contribution in [0.1, 0.15) is 39.0 Å². The van der Waals surface area contributed by atoms with Crippen LogP contribution in [0.3, 0.4) is 0 Å². The smallest absolute Gasteiger partial charge is 0.315 e. The van der Waals surface area contributed by atoms with E-state index in [9.17, 15) is 14.3 Å². The maximum atomic E-state index is 13.1. The molecule has 128 valence electrons. The van der Waals surface area contributed by atoms with Crippen molar-refractivity contribution in [2.45, 2.75) is 57.3 Å². The maximum Gasteiger partial charge on any atom is 0.315 e. The Bertz CT molecular complexity index is 504. The number of carbonyl (C=O) groups is 1. The Morgan fingerprint density at radius 2 is 2.13 bits per heavy atom. The number of hydrogen-bond acceptors (Lipinski definition) is 3. The highest BCUT2D eigenvalue weighted by Crippen LogP contribution is 2.18. The number of halogens is 1. The van der Waals surface area contributed by atoms with Gasteiger partial charge in [0, 0.05) is 12.1 Å². The Morgan fingerprint density at radius 1 is 1.39 bits per heavy atom. The van der Waals surface area contributed by atoms with Crippen LogP contribution in [0, 0.1) is 5.82 Å². The molecule has 1 unspecified atom stereocenters. The fourth-order valence-corrected chi connectivity index (χ4v) is 2.67. The minimum atomic E-state index is -0.345. The standard InChI is InChI=1S/C17H25FN2O3/c1-2-15(23-16-5-3-4-12(18)10-16)11-19-17(22)20-13-6-8-14(21)9-7-13/h3-5,10,13-15,21H,2,6-9,11H2,1H3,(H2,19,20,22). The number of hydrogen-bond donors (Lipinski definition) is 3. The molecule has 1 fully saturated rings. The van der Waals surface area contributed by atoms with Crippen molar-refractivity contribution >= 4 is 6.03 Å². The summed E-state index contributed by atoms with van der Waals surface area (Å²) >= 11 is 0. The van der Waals surface area contributed by atoms with Crippen LogP contribution in [0.2, 0.25) is 0 Å². The summed E-state index contributed by atoms with van der Waals surface area (Å²) in [6, 6.07) is 5.86. The summed E-state index contributed by atoms with van der Waals surface area (Å²) in [7, 11) is 0. The number of aliphatic hydroxyl groups excluding tert-OH is 1. The highest BCUT2D eigenvalue weighted by atomic mass is 19.1. The number of nitrogens with one attached hydrogen (secondary N) is 2. The highest BCUT2D eigenvalue weighted by molar-refractivity contribution is 5.74. The molecular weight excluding hydrogens is 299 g/mol. The van der Waals surface area contributed by atoms with E-state index >= 15 is 0 Å². The molecule has 5 nitrogen and oxygen atoms in total. The number of ether oxygens (including phenoxy) is 1. The van der Waals surface area contributed by atoms with E-state index in [1.807, 2.05) is 6.92 Å². The molecule has 1 aromatic rings. The van der Waals surface area contributed by atoms with Gasteiger partial charge in [0.25, 0.3) is 0 Å². The largest absolute Gasteiger partial charge is 0.489 e. The van der Waals surface area contributed by atoms with E-state index in [0.29, 0.717) is 18.7 Å². The first-order valence-corrected chi connectivity index (χ1v) is 8.21. The molecule has 1 aliphatic rings. The second-order valence-corrected chi connectivity index (χ2v) is 5.97. The van der Waals surface area contributed by atoms with E-state index in [2.05, 4.69) is 10.6 Å². The van der Waals surface area contributed by atoms with E-state index in [0.717, 1.165) is 25.7 Å². The van der Waals surface area contributed by atoms with Crippen LogP contribution >= 0.6 is 0 Å². The predicted octanol–water partition coefficient (Wildman–Crippen LogP) is 2.59. The lowest BCUT2D eigenvalue weighted by Gasteiger charge is -2.26. The van der Waals surface area contributed by atoms with Gasteiger partial charge in [-0.3, -0.25) is 0 Å². The molecule has 6 heteroatoms. The van der Waals surface area contributed by atoms with Gasteiger partial charge in [0.15, 0.2) is 0 Å². The molecule has 2 amide bonds. The molecule has 3 N–H and O–H groups in total. The third-order valence-corrected chi connectivity index (χ3v) is 4.08. The van der Waals surface area contributed by atoms with Crippen LogP contribution in [0.4, 0.5) is 9.18 Å². The average molecular weight is 324 g/mol. The summed E-state index contributed by atoms with van der Waals surface area (Å²) in [6.45, 7) is 2.31. The first kappa shape index (κ1) is 17.5. The number of rotatable bonds is 6. The van der Waals surface area contributed by atoms with Crippen molar-refractivity contribution in [1.82, 2.24) is 10.6 Å². The molecule has 0 aromatic heterocycles. The highest BCUT2D eigenvalue weighted by Gasteiger charge is 2.21. The zero-order valence-electron chi connectivity index (χ0n) is 13.4. The minimum Gasteiger partial charge on any atom is -0.489 e. The molecule has 2 rings (SSSR count). The second kappa shape index (κ2) is 8.72. The van der Waals surface area contributed by atoms with Gasteiger partial charge in [-0.05, 0) is 44.2 Å². The number of urea groups is 1. The molecule has 1 saturated carbocycles. The molecule has 0 bridgehead atoms. The third kappa shape index (κ3) is 6.06. The summed E-state index contributed by atoms with van der Waals surface area (Å²) in [5.41, 5.74) is 0. The molecule has 1 aliphatic carbocycles. The van der Waals surface area contributed by atoms with Crippen molar-refractivity contribution in [2.24, 2.45) is 0 Å². The Balaban J connectivity index is 1.73. The summed E-state index contributed by atoms with van der Waals surface area (Å²) in [5.74, 6) is 0.114. The van der Waals surface area contributed by atoms with Gasteiger partial charge in [0.2, 0.25) is 0 Å². The molecule has 23 heavy (non-hydrogen) atoms. The van der Waals surface area contributed by atoms with E-state index in [4.69, 9.17) is 4.74 Å². The van der Waals surface area contributed by atoms with Crippen LogP contribution < -0.4 is 15.4 Å². The lowest BCUT2D eigenvalue weighted by Crippen LogP contribution is -2.46. The van der Waals surface area contributed by atoms with Gasteiger partial charge < -0.3 is 20.5 Å². The van der Waals surface area contributed by atoms with E-state index in [-0.39, 0.29) is 30.1 Å². The third-order valence-electron chi connectivity index (χ3n) is 4.08. The summed E-state index contributed by atoms with van der Waals surface area (Å²) in [5, 5.41) is 15.2. The summed E-state index contributed by atoms with van der Waals surface area (Å²) in [4.78, 5) is 11.9. The van der Waals surface area contributed by atoms with Crippen LogP contribution in [0.15, 0.2) is 24.3 Å². The molecular formula is C17H25FN2O3. The van der Waals surface area contributed by atoms with Crippen molar-refractivity contribution in [3.05, 3.63) is 30.1 Å². The summed E-state index contributed by atoms with van der Waals surface area (Å²) < 4.78 is 18.8. The Morgan fingerprint density at radius 3 is 2.78 bits per heavy atom. The monoisotopic (exact) mass is 324 g/mol. The van der Waals surface area contributed by atoms with Gasteiger partial charge >= 0.3 is 6.03 Å². The molecule has 1 aromatic carbocycles. The molecule has 0 radical (unpaired) electrons. The number of amides is 2. The Kier molecular flexibility index (Phi) is 6.65. The first-order valence-electron chi connectivity index (χ1n) is 8.21. The fourth-order valence-electron chi connectivity index (χ4n) is 2.67. The molecule has 0 aliphatic heterocycles. The zero-order valence-corrected chi connectivity index (χ0v) is 13.4. The number of aliphatic hydroxyl groups is 1. The van der Waals surface area contributed by atoms with Crippen molar-refractivity contribution in [1.29, 1.82) is 0 Å². The lowest BCUT2D eigenvalue weighted by molar-refractivity contribution is 0.117. The molecule has 0 spiro atoms. The summed E-state index contributed by atoms with van der Waals surface area (Å²) in [6.07, 6.45) is 3.30. The van der Waals surface area contributed by atoms with Gasteiger partial charge in [0.1, 0.15) is 17.7 Å². The first-order chi connectivity index (χ1) is 11.1. The van der Waals surface area contributed by atoms with Crippen molar-refractivity contribution < 1.29 is 19.0 Å². The van der Waals surface area contributed by atoms with Gasteiger partial charge in [-0.25, -0.2) is 9.18 Å². The van der Waals surface area contributed by atoms with Crippen LogP contribution in [-0.2, 0) is 0 Å². The van der Waals surface area contributed by atoms with E-state index in [1.165, 1.54) is 12.1 Å². The Hall–Kier alpha value is -1.82. The van der Waals surface area contributed by atoms with Gasteiger partial charge in [-0.15, -0.1) is 0 Å². The topological polar surface area (TPSA) is 70.6 Å². The fraction of sp³-hybridized carbons (Fsp3) is 0.588. The minimum absolute atomic E-state index is 0.114. The zero-order chi connectivity index (χ0) is 16.7.